The summed E-state index contributed by atoms with van der Waals surface area (Å²) >= 11 is 1.49. The molecule has 5 amide bonds. The SMILES string of the molecule is CCC(C)C(C(CC(=O)N1CCCC1C(OC)C(C)C(=O)NC(Cc1ccccc1)c1nccs1)OC)N(C)C(=O)C(NC(=O)C(C(C)C)N(C)C(=O)CCCCCON)C(C)C. The van der Waals surface area contributed by atoms with Crippen LogP contribution in [0.4, 0.5) is 0 Å². The number of hydrogen-bond donors (Lipinski definition) is 3. The summed E-state index contributed by atoms with van der Waals surface area (Å²) in [7, 11) is 6.48. The van der Waals surface area contributed by atoms with Crippen molar-refractivity contribution < 1.29 is 38.3 Å². The van der Waals surface area contributed by atoms with Crippen LogP contribution in [-0.4, -0.2) is 127 Å². The number of unbranched alkanes of at least 4 members (excludes halogenated alkanes) is 2. The van der Waals surface area contributed by atoms with Gasteiger partial charge in [0.1, 0.15) is 17.1 Å². The predicted octanol–water partition coefficient (Wildman–Crippen LogP) is 5.54. The summed E-state index contributed by atoms with van der Waals surface area (Å²) in [5.41, 5.74) is 1.08. The molecule has 16 heteroatoms. The van der Waals surface area contributed by atoms with Crippen molar-refractivity contribution in [2.75, 3.05) is 41.5 Å². The largest absolute Gasteiger partial charge is 0.379 e. The van der Waals surface area contributed by atoms with E-state index in [-0.39, 0.29) is 66.3 Å². The molecular weight excluding hydrogens is 823 g/mol. The van der Waals surface area contributed by atoms with Gasteiger partial charge in [-0.1, -0.05) is 91.6 Å². The van der Waals surface area contributed by atoms with Crippen LogP contribution in [0.5, 0.6) is 0 Å². The van der Waals surface area contributed by atoms with Gasteiger partial charge in [-0.2, -0.15) is 0 Å². The number of thiazole rings is 1. The third kappa shape index (κ3) is 15.1. The molecule has 9 unspecified atom stereocenters. The fraction of sp³-hybridized carbons (Fsp3) is 0.702. The van der Waals surface area contributed by atoms with Crippen molar-refractivity contribution in [3.05, 3.63) is 52.5 Å². The molecule has 63 heavy (non-hydrogen) atoms. The van der Waals surface area contributed by atoms with Crippen molar-refractivity contribution >= 4 is 40.9 Å². The standard InChI is InChI=1S/C47H77N7O8S/c1-12-32(6)42(53(9)47(59)40(30(2)3)51-45(58)41(31(4)5)52(8)38(55)23-17-14-18-26-62-48)37(60-10)29-39(56)54-25-19-22-36(54)43(61-11)33(7)44(57)50-35(46-49-24-27-63-46)28-34-20-15-13-16-21-34/h13,15-16,20-21,24,27,30-33,35-37,40-43H,12,14,17-19,22-23,25-26,28-29,48H2,1-11H3,(H,50,57)(H,51,58). The summed E-state index contributed by atoms with van der Waals surface area (Å²) in [6.07, 6.45) is 5.63. The lowest BCUT2D eigenvalue weighted by Crippen LogP contribution is -2.60. The zero-order chi connectivity index (χ0) is 46.8. The van der Waals surface area contributed by atoms with Crippen molar-refractivity contribution in [2.45, 2.75) is 149 Å². The maximum atomic E-state index is 14.5. The number of nitrogens with two attached hydrogens (primary N) is 1. The van der Waals surface area contributed by atoms with Gasteiger partial charge in [0.25, 0.3) is 0 Å². The average molecular weight is 900 g/mol. The van der Waals surface area contributed by atoms with Crippen molar-refractivity contribution in [3.63, 3.8) is 0 Å². The number of nitrogens with one attached hydrogen (secondary N) is 2. The fourth-order valence-electron chi connectivity index (χ4n) is 8.93. The van der Waals surface area contributed by atoms with Crippen LogP contribution in [-0.2, 0) is 44.7 Å². The van der Waals surface area contributed by atoms with Crippen molar-refractivity contribution in [1.82, 2.24) is 30.3 Å². The van der Waals surface area contributed by atoms with E-state index in [0.717, 1.165) is 29.8 Å². The molecule has 0 spiro atoms. The van der Waals surface area contributed by atoms with Crippen LogP contribution in [0.1, 0.15) is 116 Å². The number of rotatable bonds is 27. The zero-order valence-electron chi connectivity index (χ0n) is 39.7. The van der Waals surface area contributed by atoms with E-state index in [4.69, 9.17) is 15.4 Å². The maximum absolute atomic E-state index is 14.5. The Morgan fingerprint density at radius 2 is 1.62 bits per heavy atom. The van der Waals surface area contributed by atoms with E-state index in [1.165, 1.54) is 16.2 Å². The number of nitrogens with zero attached hydrogens (tertiary/aromatic N) is 4. The molecule has 1 saturated heterocycles. The number of methoxy groups -OCH3 is 2. The van der Waals surface area contributed by atoms with Gasteiger partial charge in [0.2, 0.25) is 29.5 Å². The first-order valence-corrected chi connectivity index (χ1v) is 23.6. The first kappa shape index (κ1) is 53.4. The highest BCUT2D eigenvalue weighted by molar-refractivity contribution is 7.09. The van der Waals surface area contributed by atoms with E-state index in [0.29, 0.717) is 38.8 Å². The molecule has 9 atom stereocenters. The number of amides is 5. The van der Waals surface area contributed by atoms with E-state index < -0.39 is 42.2 Å². The Balaban J connectivity index is 1.77. The zero-order valence-corrected chi connectivity index (χ0v) is 40.5. The Labute approximate surface area is 380 Å². The van der Waals surface area contributed by atoms with E-state index in [2.05, 4.69) is 20.5 Å². The second-order valence-corrected chi connectivity index (χ2v) is 18.7. The van der Waals surface area contributed by atoms with Crippen molar-refractivity contribution in [3.8, 4) is 0 Å². The van der Waals surface area contributed by atoms with Crippen LogP contribution in [0.3, 0.4) is 0 Å². The summed E-state index contributed by atoms with van der Waals surface area (Å²) in [5, 5.41) is 8.95. The first-order valence-electron chi connectivity index (χ1n) is 22.8. The molecule has 0 bridgehead atoms. The number of hydrogen-bond acceptors (Lipinski definition) is 11. The normalized spacial score (nSPS) is 17.9. The Morgan fingerprint density at radius 3 is 2.19 bits per heavy atom. The molecule has 1 aromatic carbocycles. The summed E-state index contributed by atoms with van der Waals surface area (Å²) in [6, 6.07) is 7.10. The lowest BCUT2D eigenvalue weighted by atomic mass is 9.89. The third-order valence-corrected chi connectivity index (χ3v) is 13.6. The third-order valence-electron chi connectivity index (χ3n) is 12.7. The highest BCUT2D eigenvalue weighted by Crippen LogP contribution is 2.31. The number of ether oxygens (including phenoxy) is 2. The van der Waals surface area contributed by atoms with Crippen LogP contribution in [0.2, 0.25) is 0 Å². The number of carbonyl (C=O) groups excluding carboxylic acids is 5. The highest BCUT2D eigenvalue weighted by Gasteiger charge is 2.43. The monoisotopic (exact) mass is 900 g/mol. The minimum absolute atomic E-state index is 0.000115. The average Bonchev–Trinajstić information content (AvgIpc) is 3.99. The smallest absolute Gasteiger partial charge is 0.245 e. The van der Waals surface area contributed by atoms with Crippen LogP contribution in [0.25, 0.3) is 0 Å². The number of likely N-dealkylation sites (tertiary alicyclic amines) is 1. The number of benzene rings is 1. The molecule has 354 valence electrons. The summed E-state index contributed by atoms with van der Waals surface area (Å²) in [6.45, 7) is 14.3. The van der Waals surface area contributed by atoms with Gasteiger partial charge < -0.3 is 39.6 Å². The quantitative estimate of drug-likeness (QED) is 0.0760. The molecule has 0 aliphatic carbocycles. The summed E-state index contributed by atoms with van der Waals surface area (Å²) < 4.78 is 12.1. The number of aromatic nitrogens is 1. The van der Waals surface area contributed by atoms with Gasteiger partial charge in [-0.15, -0.1) is 11.3 Å². The van der Waals surface area contributed by atoms with Gasteiger partial charge in [0, 0.05) is 52.9 Å². The Morgan fingerprint density at radius 1 is 0.921 bits per heavy atom. The first-order chi connectivity index (χ1) is 30.0. The fourth-order valence-corrected chi connectivity index (χ4v) is 9.62. The lowest BCUT2D eigenvalue weighted by Gasteiger charge is -2.41. The van der Waals surface area contributed by atoms with E-state index >= 15 is 0 Å². The summed E-state index contributed by atoms with van der Waals surface area (Å²) in [5.74, 6) is 2.77. The summed E-state index contributed by atoms with van der Waals surface area (Å²) in [4.78, 5) is 84.2. The molecule has 15 nitrogen and oxygen atoms in total. The lowest BCUT2D eigenvalue weighted by molar-refractivity contribution is -0.148. The maximum Gasteiger partial charge on any atom is 0.245 e. The van der Waals surface area contributed by atoms with Crippen molar-refractivity contribution in [2.24, 2.45) is 29.6 Å². The molecule has 1 aromatic heterocycles. The van der Waals surface area contributed by atoms with E-state index in [1.807, 2.05) is 89.1 Å². The molecule has 0 saturated carbocycles. The molecular formula is C47H77N7O8S. The molecule has 4 N–H and O–H groups in total. The molecule has 1 aliphatic heterocycles. The molecule has 1 fully saturated rings. The second-order valence-electron chi connectivity index (χ2n) is 17.8. The molecule has 3 rings (SSSR count). The Kier molecular flexibility index (Phi) is 22.7. The Bertz CT molecular complexity index is 1700. The van der Waals surface area contributed by atoms with Crippen LogP contribution in [0, 0.1) is 23.7 Å². The predicted molar refractivity (Wildman–Crippen MR) is 246 cm³/mol. The van der Waals surface area contributed by atoms with Crippen LogP contribution in [0.15, 0.2) is 41.9 Å². The van der Waals surface area contributed by atoms with Crippen LogP contribution >= 0.6 is 11.3 Å². The minimum Gasteiger partial charge on any atom is -0.379 e. The van der Waals surface area contributed by atoms with Gasteiger partial charge in [-0.3, -0.25) is 24.0 Å². The molecule has 1 aliphatic rings. The van der Waals surface area contributed by atoms with Gasteiger partial charge >= 0.3 is 0 Å². The topological polar surface area (TPSA) is 186 Å². The van der Waals surface area contributed by atoms with Gasteiger partial charge in [0.05, 0.1) is 49.3 Å². The number of carbonyl (C=O) groups is 5. The number of likely N-dealkylation sites (N-methyl/N-ethyl adjacent to an activating group) is 2. The van der Waals surface area contributed by atoms with Crippen LogP contribution < -0.4 is 16.5 Å². The van der Waals surface area contributed by atoms with Gasteiger partial charge in [-0.25, -0.2) is 10.9 Å². The minimum atomic E-state index is -0.899. The molecule has 2 heterocycles. The van der Waals surface area contributed by atoms with Crippen molar-refractivity contribution in [1.29, 1.82) is 0 Å². The van der Waals surface area contributed by atoms with Gasteiger partial charge in [-0.05, 0) is 55.4 Å². The van der Waals surface area contributed by atoms with E-state index in [1.54, 1.807) is 39.4 Å². The van der Waals surface area contributed by atoms with E-state index in [9.17, 15) is 24.0 Å². The highest BCUT2D eigenvalue weighted by atomic mass is 32.1. The van der Waals surface area contributed by atoms with Gasteiger partial charge in [0.15, 0.2) is 0 Å². The molecule has 0 radical (unpaired) electrons. The Hall–Kier alpha value is -3.96. The second kappa shape index (κ2) is 26.7. The molecule has 2 aromatic rings.